The number of amides is 1. The molecule has 1 amide bonds. The quantitative estimate of drug-likeness (QED) is 0.907. The summed E-state index contributed by atoms with van der Waals surface area (Å²) in [5.41, 5.74) is -0.120. The zero-order valence-electron chi connectivity index (χ0n) is 10.3. The van der Waals surface area contributed by atoms with Crippen LogP contribution >= 0.6 is 11.6 Å². The highest BCUT2D eigenvalue weighted by molar-refractivity contribution is 6.31. The van der Waals surface area contributed by atoms with E-state index in [1.165, 1.54) is 23.1 Å². The first kappa shape index (κ1) is 13.8. The molecule has 0 saturated carbocycles. The standard InChI is InChI=1S/C13H13ClFNO3/c1-7-5-16(6-9(7)13(18)19)12(17)8-3-2-4-10(14)11(8)15/h2-4,7,9H,5-6H2,1H3,(H,18,19)/t7-,9-/m1/s1. The maximum atomic E-state index is 13.8. The molecular formula is C13H13ClFNO3. The van der Waals surface area contributed by atoms with E-state index in [4.69, 9.17) is 16.7 Å². The summed E-state index contributed by atoms with van der Waals surface area (Å²) in [4.78, 5) is 24.5. The van der Waals surface area contributed by atoms with Crippen molar-refractivity contribution in [3.05, 3.63) is 34.6 Å². The normalized spacial score (nSPS) is 22.6. The van der Waals surface area contributed by atoms with Crippen LogP contribution in [0.15, 0.2) is 18.2 Å². The van der Waals surface area contributed by atoms with E-state index in [9.17, 15) is 14.0 Å². The van der Waals surface area contributed by atoms with Crippen molar-refractivity contribution in [2.24, 2.45) is 11.8 Å². The molecule has 1 saturated heterocycles. The molecule has 0 radical (unpaired) electrons. The third kappa shape index (κ3) is 2.56. The van der Waals surface area contributed by atoms with Gasteiger partial charge in [-0.15, -0.1) is 0 Å². The first-order chi connectivity index (χ1) is 8.91. The molecule has 2 atom stereocenters. The summed E-state index contributed by atoms with van der Waals surface area (Å²) in [6, 6.07) is 4.20. The fourth-order valence-electron chi connectivity index (χ4n) is 2.29. The number of rotatable bonds is 2. The van der Waals surface area contributed by atoms with E-state index in [0.717, 1.165) is 0 Å². The van der Waals surface area contributed by atoms with Gasteiger partial charge in [0, 0.05) is 13.1 Å². The van der Waals surface area contributed by atoms with Crippen LogP contribution in [0.2, 0.25) is 5.02 Å². The minimum absolute atomic E-state index is 0.0985. The van der Waals surface area contributed by atoms with Gasteiger partial charge in [-0.2, -0.15) is 0 Å². The molecule has 2 rings (SSSR count). The molecule has 1 heterocycles. The van der Waals surface area contributed by atoms with Gasteiger partial charge < -0.3 is 10.0 Å². The Morgan fingerprint density at radius 1 is 1.42 bits per heavy atom. The number of hydrogen-bond acceptors (Lipinski definition) is 2. The Hall–Kier alpha value is -1.62. The average Bonchev–Trinajstić information content (AvgIpc) is 2.74. The molecule has 4 nitrogen and oxygen atoms in total. The lowest BCUT2D eigenvalue weighted by Crippen LogP contribution is -2.30. The molecule has 0 unspecified atom stereocenters. The lowest BCUT2D eigenvalue weighted by Gasteiger charge is -2.16. The number of benzene rings is 1. The minimum atomic E-state index is -0.936. The fraction of sp³-hybridized carbons (Fsp3) is 0.385. The van der Waals surface area contributed by atoms with Crippen LogP contribution in [0, 0.1) is 17.7 Å². The molecule has 0 spiro atoms. The Morgan fingerprint density at radius 2 is 2.11 bits per heavy atom. The second kappa shape index (κ2) is 5.17. The fourth-order valence-corrected chi connectivity index (χ4v) is 2.47. The molecule has 0 aromatic heterocycles. The van der Waals surface area contributed by atoms with Crippen LogP contribution < -0.4 is 0 Å². The van der Waals surface area contributed by atoms with E-state index in [-0.39, 0.29) is 23.0 Å². The first-order valence-electron chi connectivity index (χ1n) is 5.88. The molecule has 1 aromatic carbocycles. The minimum Gasteiger partial charge on any atom is -0.481 e. The van der Waals surface area contributed by atoms with Gasteiger partial charge in [0.15, 0.2) is 5.82 Å². The van der Waals surface area contributed by atoms with Crippen LogP contribution in [0.4, 0.5) is 4.39 Å². The van der Waals surface area contributed by atoms with Crippen LogP contribution in [0.5, 0.6) is 0 Å². The predicted molar refractivity (Wildman–Crippen MR) is 67.6 cm³/mol. The number of halogens is 2. The van der Waals surface area contributed by atoms with E-state index >= 15 is 0 Å². The average molecular weight is 286 g/mol. The van der Waals surface area contributed by atoms with Crippen molar-refractivity contribution >= 4 is 23.5 Å². The maximum Gasteiger partial charge on any atom is 0.308 e. The molecular weight excluding hydrogens is 273 g/mol. The molecule has 1 aromatic rings. The van der Waals surface area contributed by atoms with E-state index < -0.39 is 23.6 Å². The number of aliphatic carboxylic acids is 1. The van der Waals surface area contributed by atoms with Crippen molar-refractivity contribution < 1.29 is 19.1 Å². The van der Waals surface area contributed by atoms with Crippen LogP contribution in [0.3, 0.4) is 0 Å². The summed E-state index contributed by atoms with van der Waals surface area (Å²) in [5, 5.41) is 8.90. The van der Waals surface area contributed by atoms with E-state index in [1.807, 2.05) is 0 Å². The monoisotopic (exact) mass is 285 g/mol. The number of carboxylic acid groups (broad SMARTS) is 1. The number of carbonyl (C=O) groups is 2. The molecule has 1 N–H and O–H groups in total. The van der Waals surface area contributed by atoms with Gasteiger partial charge in [-0.1, -0.05) is 24.6 Å². The largest absolute Gasteiger partial charge is 0.481 e. The van der Waals surface area contributed by atoms with Gasteiger partial charge in [0.05, 0.1) is 16.5 Å². The Labute approximate surface area is 114 Å². The van der Waals surface area contributed by atoms with Crippen LogP contribution in [0.1, 0.15) is 17.3 Å². The van der Waals surface area contributed by atoms with Gasteiger partial charge in [-0.25, -0.2) is 4.39 Å². The second-order valence-electron chi connectivity index (χ2n) is 4.73. The van der Waals surface area contributed by atoms with Gasteiger partial charge >= 0.3 is 5.97 Å². The molecule has 1 fully saturated rings. The summed E-state index contributed by atoms with van der Waals surface area (Å²) in [7, 11) is 0. The number of carbonyl (C=O) groups excluding carboxylic acids is 1. The van der Waals surface area contributed by atoms with Crippen molar-refractivity contribution in [1.82, 2.24) is 4.90 Å². The number of nitrogens with zero attached hydrogens (tertiary/aromatic N) is 1. The highest BCUT2D eigenvalue weighted by Crippen LogP contribution is 2.26. The Bertz CT molecular complexity index is 535. The van der Waals surface area contributed by atoms with Crippen LogP contribution in [0.25, 0.3) is 0 Å². The summed E-state index contributed by atoms with van der Waals surface area (Å²) in [6.07, 6.45) is 0. The van der Waals surface area contributed by atoms with Crippen molar-refractivity contribution in [2.45, 2.75) is 6.92 Å². The third-order valence-electron chi connectivity index (χ3n) is 3.40. The highest BCUT2D eigenvalue weighted by atomic mass is 35.5. The van der Waals surface area contributed by atoms with Crippen LogP contribution in [-0.4, -0.2) is 35.0 Å². The summed E-state index contributed by atoms with van der Waals surface area (Å²) in [5.74, 6) is -2.97. The molecule has 0 aliphatic carbocycles. The molecule has 1 aliphatic rings. The Kier molecular flexibility index (Phi) is 3.75. The third-order valence-corrected chi connectivity index (χ3v) is 3.69. The topological polar surface area (TPSA) is 57.6 Å². The molecule has 102 valence electrons. The van der Waals surface area contributed by atoms with Gasteiger partial charge in [0.2, 0.25) is 0 Å². The molecule has 19 heavy (non-hydrogen) atoms. The van der Waals surface area contributed by atoms with Crippen molar-refractivity contribution in [1.29, 1.82) is 0 Å². The van der Waals surface area contributed by atoms with Crippen molar-refractivity contribution in [3.63, 3.8) is 0 Å². The first-order valence-corrected chi connectivity index (χ1v) is 6.25. The lowest BCUT2D eigenvalue weighted by molar-refractivity contribution is -0.142. The molecule has 0 bridgehead atoms. The number of likely N-dealkylation sites (tertiary alicyclic amines) is 1. The Morgan fingerprint density at radius 3 is 2.68 bits per heavy atom. The van der Waals surface area contributed by atoms with Crippen LogP contribution in [-0.2, 0) is 4.79 Å². The van der Waals surface area contributed by atoms with E-state index in [2.05, 4.69) is 0 Å². The van der Waals surface area contributed by atoms with E-state index in [0.29, 0.717) is 6.54 Å². The number of carboxylic acids is 1. The van der Waals surface area contributed by atoms with Gasteiger partial charge in [-0.05, 0) is 18.1 Å². The zero-order chi connectivity index (χ0) is 14.2. The second-order valence-corrected chi connectivity index (χ2v) is 5.14. The number of hydrogen-bond donors (Lipinski definition) is 1. The highest BCUT2D eigenvalue weighted by Gasteiger charge is 2.37. The van der Waals surface area contributed by atoms with Gasteiger partial charge in [0.25, 0.3) is 5.91 Å². The Balaban J connectivity index is 2.22. The van der Waals surface area contributed by atoms with E-state index in [1.54, 1.807) is 6.92 Å². The van der Waals surface area contributed by atoms with Crippen molar-refractivity contribution in [3.8, 4) is 0 Å². The van der Waals surface area contributed by atoms with Crippen molar-refractivity contribution in [2.75, 3.05) is 13.1 Å². The lowest BCUT2D eigenvalue weighted by atomic mass is 9.99. The molecule has 6 heteroatoms. The SMILES string of the molecule is C[C@@H]1CN(C(=O)c2cccc(Cl)c2F)C[C@H]1C(=O)O. The maximum absolute atomic E-state index is 13.8. The molecule has 1 aliphatic heterocycles. The predicted octanol–water partition coefficient (Wildman–Crippen LogP) is 2.27. The smallest absolute Gasteiger partial charge is 0.308 e. The summed E-state index contributed by atoms with van der Waals surface area (Å²) < 4.78 is 13.8. The van der Waals surface area contributed by atoms with Gasteiger partial charge in [0.1, 0.15) is 0 Å². The summed E-state index contributed by atoms with van der Waals surface area (Å²) >= 11 is 5.63. The zero-order valence-corrected chi connectivity index (χ0v) is 11.0. The summed E-state index contributed by atoms with van der Waals surface area (Å²) in [6.45, 7) is 2.17. The van der Waals surface area contributed by atoms with Gasteiger partial charge in [-0.3, -0.25) is 9.59 Å².